The van der Waals surface area contributed by atoms with Gasteiger partial charge in [-0.1, -0.05) is 30.3 Å². The van der Waals surface area contributed by atoms with E-state index >= 15 is 0 Å². The van der Waals surface area contributed by atoms with E-state index in [-0.39, 0.29) is 17.4 Å². The fourth-order valence-corrected chi connectivity index (χ4v) is 2.72. The van der Waals surface area contributed by atoms with Crippen molar-refractivity contribution in [1.29, 1.82) is 0 Å². The monoisotopic (exact) mass is 360 g/mol. The predicted octanol–water partition coefficient (Wildman–Crippen LogP) is 3.63. The molecule has 1 amide bonds. The van der Waals surface area contributed by atoms with Crippen LogP contribution in [0, 0.1) is 0 Å². The van der Waals surface area contributed by atoms with Gasteiger partial charge in [-0.25, -0.2) is 0 Å². The summed E-state index contributed by atoms with van der Waals surface area (Å²) in [5.74, 6) is 0.0123. The average molecular weight is 360 g/mol. The number of benzene rings is 2. The molecule has 2 aromatic carbocycles. The quantitative estimate of drug-likeness (QED) is 0.658. The van der Waals surface area contributed by atoms with Crippen LogP contribution < -0.4 is 5.32 Å². The van der Waals surface area contributed by atoms with Gasteiger partial charge in [-0.2, -0.15) is 0 Å². The standard InChI is InChI=1S/C22H20N2O3/c1-15(25)17-3-2-4-18(11-17)19-12-20(14-23-13-19)22(27)24-10-9-16-5-7-21(26)8-6-16/h2-8,11-14,26H,9-10H2,1H3,(H,24,27). The summed E-state index contributed by atoms with van der Waals surface area (Å²) in [7, 11) is 0. The Balaban J connectivity index is 1.67. The zero-order chi connectivity index (χ0) is 19.2. The molecule has 5 heteroatoms. The molecule has 5 nitrogen and oxygen atoms in total. The fraction of sp³-hybridized carbons (Fsp3) is 0.136. The molecular weight excluding hydrogens is 340 g/mol. The molecule has 0 aliphatic heterocycles. The summed E-state index contributed by atoms with van der Waals surface area (Å²) in [6.07, 6.45) is 3.86. The van der Waals surface area contributed by atoms with E-state index < -0.39 is 0 Å². The molecule has 136 valence electrons. The van der Waals surface area contributed by atoms with Gasteiger partial charge in [0.1, 0.15) is 5.75 Å². The summed E-state index contributed by atoms with van der Waals surface area (Å²) in [6, 6.07) is 15.9. The predicted molar refractivity (Wildman–Crippen MR) is 104 cm³/mol. The number of Topliss-reactive ketones (excluding diaryl/α,β-unsaturated/α-hetero) is 1. The van der Waals surface area contributed by atoms with Crippen LogP contribution >= 0.6 is 0 Å². The van der Waals surface area contributed by atoms with Crippen molar-refractivity contribution in [2.75, 3.05) is 6.54 Å². The minimum atomic E-state index is -0.203. The van der Waals surface area contributed by atoms with Crippen LogP contribution in [-0.4, -0.2) is 28.3 Å². The maximum atomic E-state index is 12.4. The number of rotatable bonds is 6. The van der Waals surface area contributed by atoms with Gasteiger partial charge < -0.3 is 10.4 Å². The fourth-order valence-electron chi connectivity index (χ4n) is 2.72. The van der Waals surface area contributed by atoms with Crippen LogP contribution in [0.5, 0.6) is 5.75 Å². The minimum Gasteiger partial charge on any atom is -0.508 e. The van der Waals surface area contributed by atoms with E-state index in [1.54, 1.807) is 36.5 Å². The van der Waals surface area contributed by atoms with Crippen LogP contribution in [0.25, 0.3) is 11.1 Å². The Morgan fingerprint density at radius 2 is 1.70 bits per heavy atom. The van der Waals surface area contributed by atoms with Crippen LogP contribution in [0.1, 0.15) is 33.2 Å². The van der Waals surface area contributed by atoms with Crippen molar-refractivity contribution in [2.45, 2.75) is 13.3 Å². The molecular formula is C22H20N2O3. The smallest absolute Gasteiger partial charge is 0.252 e. The van der Waals surface area contributed by atoms with Crippen LogP contribution in [0.3, 0.4) is 0 Å². The lowest BCUT2D eigenvalue weighted by atomic mass is 10.0. The number of carbonyl (C=O) groups is 2. The number of hydrogen-bond donors (Lipinski definition) is 2. The summed E-state index contributed by atoms with van der Waals surface area (Å²) in [4.78, 5) is 28.1. The van der Waals surface area contributed by atoms with E-state index in [2.05, 4.69) is 10.3 Å². The third kappa shape index (κ3) is 4.79. The number of aromatic hydroxyl groups is 1. The molecule has 0 radical (unpaired) electrons. The van der Waals surface area contributed by atoms with Gasteiger partial charge in [0.05, 0.1) is 5.56 Å². The number of nitrogens with one attached hydrogen (secondary N) is 1. The highest BCUT2D eigenvalue weighted by molar-refractivity contribution is 5.96. The van der Waals surface area contributed by atoms with Crippen molar-refractivity contribution < 1.29 is 14.7 Å². The zero-order valence-corrected chi connectivity index (χ0v) is 15.0. The molecule has 0 spiro atoms. The normalized spacial score (nSPS) is 10.4. The van der Waals surface area contributed by atoms with Crippen LogP contribution in [0.15, 0.2) is 67.0 Å². The third-order valence-electron chi connectivity index (χ3n) is 4.24. The highest BCUT2D eigenvalue weighted by Crippen LogP contribution is 2.21. The molecule has 1 aromatic heterocycles. The second kappa shape index (κ2) is 8.27. The van der Waals surface area contributed by atoms with E-state index in [1.165, 1.54) is 13.1 Å². The molecule has 3 rings (SSSR count). The van der Waals surface area contributed by atoms with Crippen molar-refractivity contribution in [3.05, 3.63) is 83.7 Å². The summed E-state index contributed by atoms with van der Waals surface area (Å²) >= 11 is 0. The van der Waals surface area contributed by atoms with Crippen molar-refractivity contribution in [1.82, 2.24) is 10.3 Å². The second-order valence-electron chi connectivity index (χ2n) is 6.27. The van der Waals surface area contributed by atoms with Crippen molar-refractivity contribution >= 4 is 11.7 Å². The zero-order valence-electron chi connectivity index (χ0n) is 15.0. The van der Waals surface area contributed by atoms with Crippen LogP contribution in [-0.2, 0) is 6.42 Å². The third-order valence-corrected chi connectivity index (χ3v) is 4.24. The number of hydrogen-bond acceptors (Lipinski definition) is 4. The summed E-state index contributed by atoms with van der Waals surface area (Å²) in [5, 5.41) is 12.2. The maximum Gasteiger partial charge on any atom is 0.252 e. The molecule has 0 bridgehead atoms. The second-order valence-corrected chi connectivity index (χ2v) is 6.27. The minimum absolute atomic E-state index is 0.00654. The Morgan fingerprint density at radius 1 is 0.963 bits per heavy atom. The van der Waals surface area contributed by atoms with Crippen molar-refractivity contribution in [2.24, 2.45) is 0 Å². The van der Waals surface area contributed by atoms with Gasteiger partial charge in [0, 0.05) is 30.1 Å². The van der Waals surface area contributed by atoms with E-state index in [1.807, 2.05) is 24.3 Å². The molecule has 1 heterocycles. The Hall–Kier alpha value is -3.47. The number of amides is 1. The number of pyridine rings is 1. The number of carbonyl (C=O) groups excluding carboxylic acids is 2. The summed E-state index contributed by atoms with van der Waals surface area (Å²) in [6.45, 7) is 2.00. The molecule has 0 saturated heterocycles. The highest BCUT2D eigenvalue weighted by atomic mass is 16.3. The maximum absolute atomic E-state index is 12.4. The lowest BCUT2D eigenvalue weighted by Gasteiger charge is -2.08. The molecule has 3 aromatic rings. The first kappa shape index (κ1) is 18.3. The van der Waals surface area contributed by atoms with Crippen molar-refractivity contribution in [3.8, 4) is 16.9 Å². The topological polar surface area (TPSA) is 79.3 Å². The summed E-state index contributed by atoms with van der Waals surface area (Å²) in [5.41, 5.74) is 3.74. The van der Waals surface area contributed by atoms with Gasteiger partial charge >= 0.3 is 0 Å². The highest BCUT2D eigenvalue weighted by Gasteiger charge is 2.09. The lowest BCUT2D eigenvalue weighted by molar-refractivity contribution is 0.0952. The molecule has 0 aliphatic carbocycles. The van der Waals surface area contributed by atoms with Crippen LogP contribution in [0.4, 0.5) is 0 Å². The Bertz CT molecular complexity index is 965. The number of ketones is 1. The first-order chi connectivity index (χ1) is 13.0. The average Bonchev–Trinajstić information content (AvgIpc) is 2.69. The van der Waals surface area contributed by atoms with Gasteiger partial charge in [0.2, 0.25) is 0 Å². The first-order valence-electron chi connectivity index (χ1n) is 8.65. The van der Waals surface area contributed by atoms with Gasteiger partial charge in [0.25, 0.3) is 5.91 Å². The van der Waals surface area contributed by atoms with Gasteiger partial charge in [-0.3, -0.25) is 14.6 Å². The largest absolute Gasteiger partial charge is 0.508 e. The van der Waals surface area contributed by atoms with Gasteiger partial charge in [-0.05, 0) is 48.7 Å². The lowest BCUT2D eigenvalue weighted by Crippen LogP contribution is -2.25. The molecule has 0 fully saturated rings. The van der Waals surface area contributed by atoms with E-state index in [0.29, 0.717) is 24.1 Å². The molecule has 0 atom stereocenters. The SMILES string of the molecule is CC(=O)c1cccc(-c2cncc(C(=O)NCCc3ccc(O)cc3)c2)c1. The van der Waals surface area contributed by atoms with Gasteiger partial charge in [0.15, 0.2) is 5.78 Å². The number of phenols is 1. The van der Waals surface area contributed by atoms with Gasteiger partial charge in [-0.15, -0.1) is 0 Å². The van der Waals surface area contributed by atoms with E-state index in [9.17, 15) is 14.7 Å². The van der Waals surface area contributed by atoms with Crippen LogP contribution in [0.2, 0.25) is 0 Å². The van der Waals surface area contributed by atoms with Crippen molar-refractivity contribution in [3.63, 3.8) is 0 Å². The Morgan fingerprint density at radius 3 is 2.44 bits per heavy atom. The Kier molecular flexibility index (Phi) is 5.61. The molecule has 0 aliphatic rings. The first-order valence-corrected chi connectivity index (χ1v) is 8.65. The van der Waals surface area contributed by atoms with E-state index in [4.69, 9.17) is 0 Å². The molecule has 0 unspecified atom stereocenters. The summed E-state index contributed by atoms with van der Waals surface area (Å²) < 4.78 is 0. The number of nitrogens with zero attached hydrogens (tertiary/aromatic N) is 1. The number of aromatic nitrogens is 1. The number of phenolic OH excluding ortho intramolecular Hbond substituents is 1. The molecule has 27 heavy (non-hydrogen) atoms. The molecule has 0 saturated carbocycles. The Labute approximate surface area is 157 Å². The molecule has 2 N–H and O–H groups in total. The van der Waals surface area contributed by atoms with E-state index in [0.717, 1.165) is 16.7 Å².